The van der Waals surface area contributed by atoms with E-state index in [4.69, 9.17) is 4.74 Å². The Hall–Kier alpha value is -1.89. The Morgan fingerprint density at radius 1 is 1.45 bits per heavy atom. The van der Waals surface area contributed by atoms with Gasteiger partial charge in [-0.05, 0) is 6.92 Å². The highest BCUT2D eigenvalue weighted by Crippen LogP contribution is 2.17. The Balaban J connectivity index is 2.21. The zero-order valence-corrected chi connectivity index (χ0v) is 12.0. The first-order valence-electron chi connectivity index (χ1n) is 6.85. The summed E-state index contributed by atoms with van der Waals surface area (Å²) in [6.45, 7) is 5.24. The summed E-state index contributed by atoms with van der Waals surface area (Å²) in [4.78, 5) is 22.4. The third-order valence-electron chi connectivity index (χ3n) is 3.03. The maximum atomic E-state index is 11.4. The van der Waals surface area contributed by atoms with Gasteiger partial charge >= 0.3 is 0 Å². The van der Waals surface area contributed by atoms with Crippen LogP contribution < -0.4 is 15.5 Å². The molecule has 0 radical (unpaired) electrons. The second-order valence-electron chi connectivity index (χ2n) is 4.58. The van der Waals surface area contributed by atoms with Crippen molar-refractivity contribution in [3.8, 4) is 0 Å². The van der Waals surface area contributed by atoms with Crippen LogP contribution in [0.4, 0.5) is 11.6 Å². The van der Waals surface area contributed by atoms with Crippen molar-refractivity contribution in [2.24, 2.45) is 0 Å². The van der Waals surface area contributed by atoms with Gasteiger partial charge in [-0.25, -0.2) is 9.97 Å². The first kappa shape index (κ1) is 14.5. The first-order chi connectivity index (χ1) is 9.72. The van der Waals surface area contributed by atoms with E-state index in [1.807, 2.05) is 13.0 Å². The van der Waals surface area contributed by atoms with Crippen molar-refractivity contribution in [1.82, 2.24) is 15.3 Å². The van der Waals surface area contributed by atoms with E-state index in [0.29, 0.717) is 31.9 Å². The van der Waals surface area contributed by atoms with Crippen molar-refractivity contribution in [2.75, 3.05) is 43.5 Å². The van der Waals surface area contributed by atoms with E-state index in [1.165, 1.54) is 0 Å². The van der Waals surface area contributed by atoms with Crippen molar-refractivity contribution in [3.63, 3.8) is 0 Å². The number of nitrogens with zero attached hydrogens (tertiary/aromatic N) is 3. The fraction of sp³-hybridized carbons (Fsp3) is 0.615. The molecule has 1 fully saturated rings. The van der Waals surface area contributed by atoms with Crippen molar-refractivity contribution in [2.45, 2.75) is 20.0 Å². The lowest BCUT2D eigenvalue weighted by atomic mass is 10.3. The number of hydrogen-bond donors (Lipinski definition) is 2. The third-order valence-corrected chi connectivity index (χ3v) is 3.03. The van der Waals surface area contributed by atoms with E-state index in [1.54, 1.807) is 7.11 Å². The Morgan fingerprint density at radius 2 is 2.30 bits per heavy atom. The van der Waals surface area contributed by atoms with E-state index in [2.05, 4.69) is 25.5 Å². The Kier molecular flexibility index (Phi) is 5.11. The molecule has 0 saturated carbocycles. The Morgan fingerprint density at radius 3 is 3.05 bits per heavy atom. The predicted molar refractivity (Wildman–Crippen MR) is 76.7 cm³/mol. The van der Waals surface area contributed by atoms with Crippen LogP contribution in [-0.2, 0) is 16.1 Å². The topological polar surface area (TPSA) is 79.4 Å². The van der Waals surface area contributed by atoms with Crippen LogP contribution in [0.2, 0.25) is 0 Å². The minimum atomic E-state index is 0.0885. The summed E-state index contributed by atoms with van der Waals surface area (Å²) >= 11 is 0. The minimum Gasteiger partial charge on any atom is -0.377 e. The van der Waals surface area contributed by atoms with Gasteiger partial charge in [0.2, 0.25) is 5.91 Å². The molecule has 0 bridgehead atoms. The van der Waals surface area contributed by atoms with Gasteiger partial charge < -0.3 is 20.3 Å². The number of carbonyl (C=O) groups excluding carboxylic acids is 1. The van der Waals surface area contributed by atoms with Gasteiger partial charge in [-0.3, -0.25) is 4.79 Å². The lowest BCUT2D eigenvalue weighted by molar-refractivity contribution is -0.120. The number of methoxy groups -OCH3 is 1. The van der Waals surface area contributed by atoms with Crippen LogP contribution in [0.1, 0.15) is 19.2 Å². The lowest BCUT2D eigenvalue weighted by Crippen LogP contribution is -2.29. The van der Waals surface area contributed by atoms with Crippen LogP contribution in [0.15, 0.2) is 6.07 Å². The molecule has 2 heterocycles. The maximum Gasteiger partial charge on any atom is 0.221 e. The molecule has 0 aliphatic carbocycles. The van der Waals surface area contributed by atoms with Crippen molar-refractivity contribution < 1.29 is 9.53 Å². The average Bonchev–Trinajstić information content (AvgIpc) is 2.64. The molecule has 0 unspecified atom stereocenters. The highest BCUT2D eigenvalue weighted by molar-refractivity contribution is 5.77. The molecule has 0 spiro atoms. The van der Waals surface area contributed by atoms with Crippen LogP contribution >= 0.6 is 0 Å². The zero-order chi connectivity index (χ0) is 14.4. The number of rotatable bonds is 5. The van der Waals surface area contributed by atoms with Gasteiger partial charge in [0.25, 0.3) is 0 Å². The van der Waals surface area contributed by atoms with Gasteiger partial charge in [-0.15, -0.1) is 0 Å². The molecule has 20 heavy (non-hydrogen) atoms. The van der Waals surface area contributed by atoms with Crippen LogP contribution in [0.3, 0.4) is 0 Å². The Labute approximate surface area is 118 Å². The molecule has 1 amide bonds. The first-order valence-corrected chi connectivity index (χ1v) is 6.85. The van der Waals surface area contributed by atoms with Crippen molar-refractivity contribution in [1.29, 1.82) is 0 Å². The van der Waals surface area contributed by atoms with E-state index >= 15 is 0 Å². The van der Waals surface area contributed by atoms with Gasteiger partial charge in [0.15, 0.2) is 5.82 Å². The highest BCUT2D eigenvalue weighted by Gasteiger charge is 2.16. The number of carbonyl (C=O) groups is 1. The quantitative estimate of drug-likeness (QED) is 0.811. The summed E-state index contributed by atoms with van der Waals surface area (Å²) in [5.74, 6) is 2.35. The number of amides is 1. The summed E-state index contributed by atoms with van der Waals surface area (Å²) in [7, 11) is 1.62. The highest BCUT2D eigenvalue weighted by atomic mass is 16.5. The number of ether oxygens (including phenoxy) is 1. The van der Waals surface area contributed by atoms with E-state index in [9.17, 15) is 4.79 Å². The number of hydrogen-bond acceptors (Lipinski definition) is 6. The standard InChI is InChI=1S/C13H21N5O2/c1-3-14-10-8-12(17-11(16-10)9-20-2)18-6-4-13(19)15-5-7-18/h8H,3-7,9H2,1-2H3,(H,15,19)(H,14,16,17). The summed E-state index contributed by atoms with van der Waals surface area (Å²) < 4.78 is 5.11. The van der Waals surface area contributed by atoms with E-state index < -0.39 is 0 Å². The van der Waals surface area contributed by atoms with Crippen molar-refractivity contribution >= 4 is 17.5 Å². The predicted octanol–water partition coefficient (Wildman–Crippen LogP) is 0.381. The van der Waals surface area contributed by atoms with E-state index in [0.717, 1.165) is 24.7 Å². The molecule has 110 valence electrons. The number of anilines is 2. The monoisotopic (exact) mass is 279 g/mol. The van der Waals surface area contributed by atoms with Crippen LogP contribution in [-0.4, -0.2) is 49.2 Å². The summed E-state index contributed by atoms with van der Waals surface area (Å²) in [5, 5.41) is 6.05. The molecule has 7 nitrogen and oxygen atoms in total. The molecule has 1 aromatic heterocycles. The fourth-order valence-corrected chi connectivity index (χ4v) is 2.11. The number of aromatic nitrogens is 2. The molecule has 1 saturated heterocycles. The normalized spacial score (nSPS) is 15.7. The molecule has 1 aliphatic heterocycles. The van der Waals surface area contributed by atoms with Gasteiger partial charge in [-0.2, -0.15) is 0 Å². The van der Waals surface area contributed by atoms with E-state index in [-0.39, 0.29) is 5.91 Å². The molecular weight excluding hydrogens is 258 g/mol. The third kappa shape index (κ3) is 3.80. The molecule has 1 aromatic rings. The lowest BCUT2D eigenvalue weighted by Gasteiger charge is -2.21. The zero-order valence-electron chi connectivity index (χ0n) is 12.0. The largest absolute Gasteiger partial charge is 0.377 e. The number of nitrogens with one attached hydrogen (secondary N) is 2. The van der Waals surface area contributed by atoms with Gasteiger partial charge in [0.05, 0.1) is 0 Å². The fourth-order valence-electron chi connectivity index (χ4n) is 2.11. The summed E-state index contributed by atoms with van der Waals surface area (Å²) in [5.41, 5.74) is 0. The van der Waals surface area contributed by atoms with Crippen LogP contribution in [0.5, 0.6) is 0 Å². The van der Waals surface area contributed by atoms with Crippen LogP contribution in [0.25, 0.3) is 0 Å². The van der Waals surface area contributed by atoms with Gasteiger partial charge in [-0.1, -0.05) is 0 Å². The second-order valence-corrected chi connectivity index (χ2v) is 4.58. The van der Waals surface area contributed by atoms with Gasteiger partial charge in [0.1, 0.15) is 18.2 Å². The average molecular weight is 279 g/mol. The Bertz CT molecular complexity index is 442. The second kappa shape index (κ2) is 7.04. The van der Waals surface area contributed by atoms with Crippen LogP contribution in [0, 0.1) is 0 Å². The molecule has 1 aliphatic rings. The SMILES string of the molecule is CCNc1cc(N2CCNC(=O)CC2)nc(COC)n1. The summed E-state index contributed by atoms with van der Waals surface area (Å²) in [6, 6.07) is 1.92. The molecule has 7 heteroatoms. The van der Waals surface area contributed by atoms with Crippen molar-refractivity contribution in [3.05, 3.63) is 11.9 Å². The molecular formula is C13H21N5O2. The summed E-state index contributed by atoms with van der Waals surface area (Å²) in [6.07, 6.45) is 0.486. The van der Waals surface area contributed by atoms with Gasteiger partial charge in [0, 0.05) is 45.8 Å². The smallest absolute Gasteiger partial charge is 0.221 e. The molecule has 0 atom stereocenters. The molecule has 0 aromatic carbocycles. The minimum absolute atomic E-state index is 0.0885. The maximum absolute atomic E-state index is 11.4. The molecule has 2 N–H and O–H groups in total. The molecule has 2 rings (SSSR count).